The number of halogens is 2. The van der Waals surface area contributed by atoms with Crippen LogP contribution in [0.2, 0.25) is 0 Å². The second-order valence-electron chi connectivity index (χ2n) is 5.14. The molecule has 21 heavy (non-hydrogen) atoms. The molecule has 0 unspecified atom stereocenters. The van der Waals surface area contributed by atoms with E-state index in [-0.39, 0.29) is 17.6 Å². The topological polar surface area (TPSA) is 38.1 Å². The molecule has 2 aromatic heterocycles. The van der Waals surface area contributed by atoms with E-state index in [1.54, 1.807) is 16.2 Å². The molecule has 1 amide bonds. The Balaban J connectivity index is 1.78. The fourth-order valence-electron chi connectivity index (χ4n) is 2.20. The van der Waals surface area contributed by atoms with Gasteiger partial charge in [-0.25, -0.2) is 4.68 Å². The van der Waals surface area contributed by atoms with Gasteiger partial charge in [-0.15, -0.1) is 11.3 Å². The lowest BCUT2D eigenvalue weighted by Gasteiger charge is -2.20. The van der Waals surface area contributed by atoms with Crippen LogP contribution in [0.5, 0.6) is 0 Å². The number of aromatic nitrogens is 2. The zero-order valence-corrected chi connectivity index (χ0v) is 12.3. The summed E-state index contributed by atoms with van der Waals surface area (Å²) in [7, 11) is 0. The van der Waals surface area contributed by atoms with Crippen molar-refractivity contribution in [2.45, 2.75) is 38.9 Å². The SMILES string of the molecule is Cc1ccc(CN(C(=O)c2ccn(C(F)F)n2)C2CC2)s1. The van der Waals surface area contributed by atoms with E-state index in [0.29, 0.717) is 11.2 Å². The predicted octanol–water partition coefficient (Wildman–Crippen LogP) is 3.45. The molecule has 0 saturated heterocycles. The number of aryl methyl sites for hydroxylation is 1. The Labute approximate surface area is 125 Å². The highest BCUT2D eigenvalue weighted by Crippen LogP contribution is 2.31. The molecule has 0 atom stereocenters. The van der Waals surface area contributed by atoms with E-state index in [1.165, 1.54) is 10.9 Å². The molecule has 1 aliphatic rings. The summed E-state index contributed by atoms with van der Waals surface area (Å²) in [6.07, 6.45) is 3.07. The smallest absolute Gasteiger partial charge is 0.329 e. The second kappa shape index (κ2) is 5.55. The minimum absolute atomic E-state index is 0.0791. The molecule has 7 heteroatoms. The fraction of sp³-hybridized carbons (Fsp3) is 0.429. The van der Waals surface area contributed by atoms with Crippen LogP contribution in [-0.4, -0.2) is 26.6 Å². The van der Waals surface area contributed by atoms with Crippen LogP contribution >= 0.6 is 11.3 Å². The minimum atomic E-state index is -2.72. The Morgan fingerprint density at radius 2 is 2.24 bits per heavy atom. The maximum atomic E-state index is 12.5. The van der Waals surface area contributed by atoms with E-state index in [4.69, 9.17) is 0 Å². The van der Waals surface area contributed by atoms with Gasteiger partial charge in [-0.1, -0.05) is 0 Å². The van der Waals surface area contributed by atoms with E-state index in [0.717, 1.165) is 23.9 Å². The van der Waals surface area contributed by atoms with E-state index in [2.05, 4.69) is 5.10 Å². The fourth-order valence-corrected chi connectivity index (χ4v) is 3.09. The predicted molar refractivity (Wildman–Crippen MR) is 75.4 cm³/mol. The number of hydrogen-bond donors (Lipinski definition) is 0. The summed E-state index contributed by atoms with van der Waals surface area (Å²) in [4.78, 5) is 16.5. The van der Waals surface area contributed by atoms with Gasteiger partial charge in [-0.3, -0.25) is 4.79 Å². The third-order valence-corrected chi connectivity index (χ3v) is 4.38. The van der Waals surface area contributed by atoms with Crippen molar-refractivity contribution in [3.8, 4) is 0 Å². The molecule has 0 N–H and O–H groups in total. The molecule has 4 nitrogen and oxygen atoms in total. The molecule has 3 rings (SSSR count). The summed E-state index contributed by atoms with van der Waals surface area (Å²) in [6, 6.07) is 5.57. The van der Waals surface area contributed by atoms with Crippen LogP contribution in [0.15, 0.2) is 24.4 Å². The molecule has 0 aliphatic heterocycles. The number of hydrogen-bond acceptors (Lipinski definition) is 3. The Morgan fingerprint density at radius 3 is 2.76 bits per heavy atom. The average molecular weight is 311 g/mol. The van der Waals surface area contributed by atoms with Crippen LogP contribution < -0.4 is 0 Å². The summed E-state index contributed by atoms with van der Waals surface area (Å²) in [5, 5.41) is 3.67. The van der Waals surface area contributed by atoms with Gasteiger partial charge in [0, 0.05) is 22.0 Å². The van der Waals surface area contributed by atoms with E-state index >= 15 is 0 Å². The van der Waals surface area contributed by atoms with E-state index in [9.17, 15) is 13.6 Å². The van der Waals surface area contributed by atoms with Gasteiger partial charge in [0.15, 0.2) is 5.69 Å². The Bertz CT molecular complexity index is 648. The van der Waals surface area contributed by atoms with Crippen molar-refractivity contribution >= 4 is 17.2 Å². The van der Waals surface area contributed by atoms with Crippen molar-refractivity contribution in [2.24, 2.45) is 0 Å². The molecule has 1 saturated carbocycles. The van der Waals surface area contributed by atoms with E-state index < -0.39 is 6.55 Å². The van der Waals surface area contributed by atoms with Crippen LogP contribution in [0.4, 0.5) is 8.78 Å². The highest BCUT2D eigenvalue weighted by atomic mass is 32.1. The van der Waals surface area contributed by atoms with Gasteiger partial charge < -0.3 is 4.90 Å². The molecular weight excluding hydrogens is 296 g/mol. The summed E-state index contributed by atoms with van der Waals surface area (Å²) in [6.45, 7) is -0.188. The number of alkyl halides is 2. The van der Waals surface area contributed by atoms with Crippen LogP contribution in [0.1, 0.15) is 39.6 Å². The van der Waals surface area contributed by atoms with Crippen molar-refractivity contribution in [1.82, 2.24) is 14.7 Å². The Hall–Kier alpha value is -1.76. The zero-order chi connectivity index (χ0) is 15.0. The molecule has 2 aromatic rings. The molecule has 112 valence electrons. The van der Waals surface area contributed by atoms with Gasteiger partial charge in [0.2, 0.25) is 0 Å². The lowest BCUT2D eigenvalue weighted by Crippen LogP contribution is -2.32. The average Bonchev–Trinajstić information content (AvgIpc) is 3.00. The van der Waals surface area contributed by atoms with Gasteiger partial charge in [0.1, 0.15) is 0 Å². The van der Waals surface area contributed by atoms with Gasteiger partial charge in [0.25, 0.3) is 5.91 Å². The zero-order valence-electron chi connectivity index (χ0n) is 11.5. The number of rotatable bonds is 5. The molecule has 2 heterocycles. The maximum Gasteiger partial charge on any atom is 0.333 e. The molecule has 1 fully saturated rings. The van der Waals surface area contributed by atoms with Crippen molar-refractivity contribution in [1.29, 1.82) is 0 Å². The Morgan fingerprint density at radius 1 is 1.48 bits per heavy atom. The number of amides is 1. The van der Waals surface area contributed by atoms with Crippen molar-refractivity contribution in [3.63, 3.8) is 0 Å². The maximum absolute atomic E-state index is 12.5. The quantitative estimate of drug-likeness (QED) is 0.848. The normalized spacial score (nSPS) is 14.7. The van der Waals surface area contributed by atoms with Gasteiger partial charge in [0.05, 0.1) is 6.54 Å². The molecule has 0 radical (unpaired) electrons. The molecule has 0 aromatic carbocycles. The molecule has 0 spiro atoms. The first kappa shape index (κ1) is 14.2. The second-order valence-corrected chi connectivity index (χ2v) is 6.51. The van der Waals surface area contributed by atoms with Gasteiger partial charge >= 0.3 is 6.55 Å². The third-order valence-electron chi connectivity index (χ3n) is 3.40. The van der Waals surface area contributed by atoms with Crippen molar-refractivity contribution in [3.05, 3.63) is 39.8 Å². The lowest BCUT2D eigenvalue weighted by molar-refractivity contribution is 0.0549. The highest BCUT2D eigenvalue weighted by molar-refractivity contribution is 7.11. The summed E-state index contributed by atoms with van der Waals surface area (Å²) in [5.74, 6) is -0.275. The summed E-state index contributed by atoms with van der Waals surface area (Å²) < 4.78 is 25.6. The van der Waals surface area contributed by atoms with Gasteiger partial charge in [-0.05, 0) is 38.0 Å². The summed E-state index contributed by atoms with van der Waals surface area (Å²) >= 11 is 1.64. The van der Waals surface area contributed by atoms with Crippen LogP contribution in [-0.2, 0) is 6.54 Å². The van der Waals surface area contributed by atoms with Gasteiger partial charge in [-0.2, -0.15) is 13.9 Å². The minimum Gasteiger partial charge on any atom is -0.329 e. The lowest BCUT2D eigenvalue weighted by atomic mass is 10.3. The Kier molecular flexibility index (Phi) is 3.75. The first-order valence-corrected chi connectivity index (χ1v) is 7.56. The van der Waals surface area contributed by atoms with Crippen molar-refractivity contribution in [2.75, 3.05) is 0 Å². The third kappa shape index (κ3) is 3.12. The number of carbonyl (C=O) groups excluding carboxylic acids is 1. The number of nitrogens with zero attached hydrogens (tertiary/aromatic N) is 3. The van der Waals surface area contributed by atoms with Crippen LogP contribution in [0, 0.1) is 6.92 Å². The van der Waals surface area contributed by atoms with Crippen molar-refractivity contribution < 1.29 is 13.6 Å². The van der Waals surface area contributed by atoms with E-state index in [1.807, 2.05) is 19.1 Å². The number of carbonyl (C=O) groups is 1. The first-order chi connectivity index (χ1) is 10.0. The molecular formula is C14H15F2N3OS. The largest absolute Gasteiger partial charge is 0.333 e. The first-order valence-electron chi connectivity index (χ1n) is 6.74. The summed E-state index contributed by atoms with van der Waals surface area (Å²) in [5.41, 5.74) is 0.0791. The standard InChI is InChI=1S/C14H15F2N3OS/c1-9-2-5-11(21-9)8-18(10-3-4-10)13(20)12-6-7-19(17-12)14(15)16/h2,5-7,10,14H,3-4,8H2,1H3. The van der Waals surface area contributed by atoms with Crippen LogP contribution in [0.25, 0.3) is 0 Å². The highest BCUT2D eigenvalue weighted by Gasteiger charge is 2.34. The van der Waals surface area contributed by atoms with Crippen LogP contribution in [0.3, 0.4) is 0 Å². The molecule has 0 bridgehead atoms. The monoisotopic (exact) mass is 311 g/mol. The number of thiophene rings is 1. The molecule has 1 aliphatic carbocycles.